The summed E-state index contributed by atoms with van der Waals surface area (Å²) >= 11 is 0. The number of ether oxygens (including phenoxy) is 1. The molecule has 7 nitrogen and oxygen atoms in total. The van der Waals surface area contributed by atoms with E-state index in [1.807, 2.05) is 31.2 Å². The zero-order chi connectivity index (χ0) is 23.6. The summed E-state index contributed by atoms with van der Waals surface area (Å²) in [5, 5.41) is 0. The Kier molecular flexibility index (Phi) is 4.69. The van der Waals surface area contributed by atoms with Gasteiger partial charge in [-0.05, 0) is 55.0 Å². The van der Waals surface area contributed by atoms with Crippen LogP contribution in [0.5, 0.6) is 5.75 Å². The molecule has 0 radical (unpaired) electrons. The largest absolute Gasteiger partial charge is 0.426 e. The molecule has 2 aliphatic carbocycles. The molecule has 1 saturated carbocycles. The molecular weight excluding hydrogens is 432 g/mol. The Morgan fingerprint density at radius 1 is 0.912 bits per heavy atom. The highest BCUT2D eigenvalue weighted by Crippen LogP contribution is 2.53. The number of hydrogen-bond donors (Lipinski definition) is 0. The van der Waals surface area contributed by atoms with Crippen LogP contribution in [0.4, 0.5) is 11.4 Å². The van der Waals surface area contributed by atoms with Gasteiger partial charge in [0, 0.05) is 24.7 Å². The highest BCUT2D eigenvalue weighted by atomic mass is 16.5. The van der Waals surface area contributed by atoms with Crippen LogP contribution < -0.4 is 14.5 Å². The van der Waals surface area contributed by atoms with E-state index in [9.17, 15) is 19.2 Å². The molecule has 2 bridgehead atoms. The predicted octanol–water partition coefficient (Wildman–Crippen LogP) is 3.27. The third-order valence-corrected chi connectivity index (χ3v) is 7.54. The molecule has 2 heterocycles. The van der Waals surface area contributed by atoms with E-state index in [1.54, 1.807) is 29.2 Å². The molecule has 172 valence electrons. The van der Waals surface area contributed by atoms with Gasteiger partial charge in [-0.3, -0.25) is 19.2 Å². The van der Waals surface area contributed by atoms with Crippen LogP contribution in [0.1, 0.15) is 18.4 Å². The number of carbonyl (C=O) groups is 4. The summed E-state index contributed by atoms with van der Waals surface area (Å²) in [6, 6.07) is 14.1. The maximum Gasteiger partial charge on any atom is 0.316 e. The van der Waals surface area contributed by atoms with Crippen molar-refractivity contribution >= 4 is 35.1 Å². The van der Waals surface area contributed by atoms with E-state index >= 15 is 0 Å². The van der Waals surface area contributed by atoms with E-state index in [0.29, 0.717) is 5.69 Å². The van der Waals surface area contributed by atoms with Crippen molar-refractivity contribution in [1.82, 2.24) is 0 Å². The van der Waals surface area contributed by atoms with Crippen molar-refractivity contribution in [3.05, 3.63) is 66.2 Å². The summed E-state index contributed by atoms with van der Waals surface area (Å²) in [6.45, 7) is 2.20. The number of imide groups is 1. The Hall–Kier alpha value is -3.74. The van der Waals surface area contributed by atoms with Crippen molar-refractivity contribution in [1.29, 1.82) is 0 Å². The number of carbonyl (C=O) groups excluding carboxylic acids is 4. The van der Waals surface area contributed by atoms with Crippen LogP contribution in [-0.4, -0.2) is 30.2 Å². The van der Waals surface area contributed by atoms with Gasteiger partial charge in [0.25, 0.3) is 0 Å². The molecule has 3 fully saturated rings. The lowest BCUT2D eigenvalue weighted by Gasteiger charge is -2.18. The average molecular weight is 456 g/mol. The van der Waals surface area contributed by atoms with Gasteiger partial charge in [0.2, 0.25) is 17.7 Å². The number of fused-ring (bicyclic) bond motifs is 5. The van der Waals surface area contributed by atoms with Crippen molar-refractivity contribution in [2.24, 2.45) is 29.6 Å². The van der Waals surface area contributed by atoms with Gasteiger partial charge in [0.05, 0.1) is 23.4 Å². The molecule has 4 aliphatic rings. The van der Waals surface area contributed by atoms with Crippen molar-refractivity contribution < 1.29 is 23.9 Å². The summed E-state index contributed by atoms with van der Waals surface area (Å²) in [7, 11) is 0. The smallest absolute Gasteiger partial charge is 0.316 e. The molecule has 34 heavy (non-hydrogen) atoms. The fourth-order valence-corrected chi connectivity index (χ4v) is 5.95. The predicted molar refractivity (Wildman–Crippen MR) is 124 cm³/mol. The third-order valence-electron chi connectivity index (χ3n) is 7.54. The van der Waals surface area contributed by atoms with Gasteiger partial charge in [0.15, 0.2) is 0 Å². The van der Waals surface area contributed by atoms with Gasteiger partial charge in [-0.2, -0.15) is 0 Å². The molecular formula is C27H24N2O5. The first kappa shape index (κ1) is 20.8. The van der Waals surface area contributed by atoms with Crippen LogP contribution in [0.3, 0.4) is 0 Å². The zero-order valence-electron chi connectivity index (χ0n) is 18.7. The van der Waals surface area contributed by atoms with E-state index < -0.39 is 11.9 Å². The molecule has 0 unspecified atom stereocenters. The Labute approximate surface area is 197 Å². The van der Waals surface area contributed by atoms with Crippen LogP contribution in [0.2, 0.25) is 0 Å². The van der Waals surface area contributed by atoms with Gasteiger partial charge >= 0.3 is 5.97 Å². The highest BCUT2D eigenvalue weighted by molar-refractivity contribution is 6.22. The van der Waals surface area contributed by atoms with Gasteiger partial charge in [0.1, 0.15) is 5.75 Å². The standard InChI is InChI=1S/C27H24N2O5/c1-15-4-2-5-19(10-15)28-14-18(12-22(28)30)27(33)34-21-7-3-6-20(13-21)29-25(31)23-16-8-9-17(11-16)24(23)26(29)32/h2-10,13,16-18,23-24H,11-12,14H2,1H3/t16-,17-,18+,23-,24+/m0/s1. The van der Waals surface area contributed by atoms with Gasteiger partial charge in [-0.15, -0.1) is 0 Å². The fourth-order valence-electron chi connectivity index (χ4n) is 5.95. The second-order valence-corrected chi connectivity index (χ2v) is 9.67. The summed E-state index contributed by atoms with van der Waals surface area (Å²) < 4.78 is 5.59. The molecule has 7 heteroatoms. The third kappa shape index (κ3) is 3.18. The summed E-state index contributed by atoms with van der Waals surface area (Å²) in [6.07, 6.45) is 5.07. The lowest BCUT2D eigenvalue weighted by atomic mass is 9.85. The van der Waals surface area contributed by atoms with Crippen LogP contribution >= 0.6 is 0 Å². The number of benzene rings is 2. The maximum atomic E-state index is 13.1. The van der Waals surface area contributed by atoms with E-state index in [1.165, 1.54) is 4.90 Å². The Balaban J connectivity index is 1.17. The van der Waals surface area contributed by atoms with Crippen LogP contribution in [0.15, 0.2) is 60.7 Å². The minimum Gasteiger partial charge on any atom is -0.426 e. The number of aryl methyl sites for hydroxylation is 1. The van der Waals surface area contributed by atoms with Crippen LogP contribution in [0.25, 0.3) is 0 Å². The van der Waals surface area contributed by atoms with Gasteiger partial charge in [-0.1, -0.05) is 30.4 Å². The SMILES string of the molecule is Cc1cccc(N2C[C@H](C(=O)Oc3cccc(N4C(=O)[C@@H]5[C@H](C4=O)[C@H]4C=C[C@H]5C4)c3)CC2=O)c1. The zero-order valence-corrected chi connectivity index (χ0v) is 18.7. The first-order valence-electron chi connectivity index (χ1n) is 11.7. The highest BCUT2D eigenvalue weighted by Gasteiger charge is 2.59. The number of amides is 3. The molecule has 0 N–H and O–H groups in total. The van der Waals surface area contributed by atoms with Gasteiger partial charge < -0.3 is 9.64 Å². The second kappa shape index (κ2) is 7.65. The van der Waals surface area contributed by atoms with E-state index in [0.717, 1.165) is 17.7 Å². The average Bonchev–Trinajstić information content (AvgIpc) is 3.57. The molecule has 2 aliphatic heterocycles. The Morgan fingerprint density at radius 3 is 2.29 bits per heavy atom. The molecule has 2 aromatic rings. The molecule has 0 aromatic heterocycles. The number of rotatable bonds is 4. The van der Waals surface area contributed by atoms with Crippen LogP contribution in [-0.2, 0) is 19.2 Å². The number of hydrogen-bond acceptors (Lipinski definition) is 5. The van der Waals surface area contributed by atoms with E-state index in [-0.39, 0.29) is 60.1 Å². The lowest BCUT2D eigenvalue weighted by Crippen LogP contribution is -2.32. The number of nitrogens with zero attached hydrogens (tertiary/aromatic N) is 2. The Morgan fingerprint density at radius 2 is 1.59 bits per heavy atom. The second-order valence-electron chi connectivity index (χ2n) is 9.67. The number of anilines is 2. The van der Waals surface area contributed by atoms with E-state index in [2.05, 4.69) is 12.2 Å². The molecule has 0 spiro atoms. The quantitative estimate of drug-likeness (QED) is 0.305. The topological polar surface area (TPSA) is 84.0 Å². The first-order chi connectivity index (χ1) is 16.4. The normalized spacial score (nSPS) is 29.3. The molecule has 6 rings (SSSR count). The maximum absolute atomic E-state index is 13.1. The number of esters is 1. The number of allylic oxidation sites excluding steroid dienone is 2. The fraction of sp³-hybridized carbons (Fsp3) is 0.333. The molecule has 2 saturated heterocycles. The minimum absolute atomic E-state index is 0.0781. The van der Waals surface area contributed by atoms with Crippen molar-refractivity contribution in [2.75, 3.05) is 16.3 Å². The molecule has 5 atom stereocenters. The van der Waals surface area contributed by atoms with Crippen molar-refractivity contribution in [3.63, 3.8) is 0 Å². The van der Waals surface area contributed by atoms with Crippen molar-refractivity contribution in [2.45, 2.75) is 19.8 Å². The Bertz CT molecular complexity index is 1240. The monoisotopic (exact) mass is 456 g/mol. The summed E-state index contributed by atoms with van der Waals surface area (Å²) in [4.78, 5) is 54.4. The van der Waals surface area contributed by atoms with Crippen molar-refractivity contribution in [3.8, 4) is 5.75 Å². The minimum atomic E-state index is -0.590. The first-order valence-corrected chi connectivity index (χ1v) is 11.7. The molecule has 2 aromatic carbocycles. The lowest BCUT2D eigenvalue weighted by molar-refractivity contribution is -0.139. The van der Waals surface area contributed by atoms with Crippen LogP contribution in [0, 0.1) is 36.5 Å². The van der Waals surface area contributed by atoms with E-state index in [4.69, 9.17) is 4.74 Å². The molecule has 3 amide bonds. The van der Waals surface area contributed by atoms with Gasteiger partial charge in [-0.25, -0.2) is 4.90 Å². The summed E-state index contributed by atoms with van der Waals surface area (Å²) in [5.74, 6) is -1.62. The summed E-state index contributed by atoms with van der Waals surface area (Å²) in [5.41, 5.74) is 2.22.